The first-order valence-electron chi connectivity index (χ1n) is 8.29. The van der Waals surface area contributed by atoms with Crippen LogP contribution in [0.1, 0.15) is 0 Å². The van der Waals surface area contributed by atoms with Crippen LogP contribution in [0.3, 0.4) is 0 Å². The van der Waals surface area contributed by atoms with Crippen molar-refractivity contribution in [3.05, 3.63) is 84.1 Å². The first-order valence-corrected chi connectivity index (χ1v) is 8.67. The molecule has 0 amide bonds. The monoisotopic (exact) mass is 360 g/mol. The van der Waals surface area contributed by atoms with E-state index in [4.69, 9.17) is 16.3 Å². The molecule has 0 saturated heterocycles. The average Bonchev–Trinajstić information content (AvgIpc) is 3.14. The van der Waals surface area contributed by atoms with Crippen molar-refractivity contribution in [2.75, 3.05) is 7.11 Å². The van der Waals surface area contributed by atoms with E-state index in [0.717, 1.165) is 44.4 Å². The lowest BCUT2D eigenvalue weighted by molar-refractivity contribution is 0.416. The third kappa shape index (κ3) is 3.09. The number of H-pyrrole nitrogens is 1. The Hall–Kier alpha value is -3.04. The van der Waals surface area contributed by atoms with E-state index in [1.165, 1.54) is 0 Å². The molecule has 4 rings (SSSR count). The number of methoxy groups -OCH3 is 1. The Morgan fingerprint density at radius 1 is 0.846 bits per heavy atom. The number of ether oxygens (including phenoxy) is 1. The summed E-state index contributed by atoms with van der Waals surface area (Å²) in [6.07, 6.45) is 3.59. The van der Waals surface area contributed by atoms with Gasteiger partial charge in [-0.3, -0.25) is 4.98 Å². The van der Waals surface area contributed by atoms with Gasteiger partial charge in [-0.25, -0.2) is 0 Å². The molecule has 0 radical (unpaired) electrons. The summed E-state index contributed by atoms with van der Waals surface area (Å²) in [6, 6.07) is 22.0. The predicted molar refractivity (Wildman–Crippen MR) is 106 cm³/mol. The summed E-state index contributed by atoms with van der Waals surface area (Å²) in [4.78, 5) is 7.69. The highest BCUT2D eigenvalue weighted by atomic mass is 35.5. The lowest BCUT2D eigenvalue weighted by Gasteiger charge is -2.09. The molecule has 128 valence electrons. The Morgan fingerprint density at radius 2 is 1.58 bits per heavy atom. The van der Waals surface area contributed by atoms with Crippen molar-refractivity contribution in [2.24, 2.45) is 0 Å². The van der Waals surface area contributed by atoms with E-state index in [-0.39, 0.29) is 0 Å². The van der Waals surface area contributed by atoms with E-state index in [0.29, 0.717) is 0 Å². The van der Waals surface area contributed by atoms with Crippen LogP contribution in [-0.4, -0.2) is 17.1 Å². The minimum Gasteiger partial charge on any atom is -0.496 e. The smallest absolute Gasteiger partial charge is 0.126 e. The summed E-state index contributed by atoms with van der Waals surface area (Å²) >= 11 is 6.03. The summed E-state index contributed by atoms with van der Waals surface area (Å²) in [7, 11) is 1.69. The number of para-hydroxylation sites is 1. The zero-order valence-corrected chi connectivity index (χ0v) is 15.0. The first-order chi connectivity index (χ1) is 12.8. The van der Waals surface area contributed by atoms with Crippen LogP contribution in [0.2, 0.25) is 5.02 Å². The number of benzene rings is 2. The minimum atomic E-state index is 0.722. The number of halogens is 1. The molecule has 0 unspecified atom stereocenters. The van der Waals surface area contributed by atoms with Crippen LogP contribution in [0.15, 0.2) is 79.1 Å². The van der Waals surface area contributed by atoms with Crippen molar-refractivity contribution in [3.63, 3.8) is 0 Å². The molecular weight excluding hydrogens is 344 g/mol. The lowest BCUT2D eigenvalue weighted by atomic mass is 10.0. The normalized spacial score (nSPS) is 10.7. The molecule has 2 aromatic heterocycles. The standard InChI is InChI=1S/C22H17ClN2O/c1-26-21-5-3-2-4-18(21)19-14-20(15-6-8-17(23)9-7-15)25-22(19)16-10-12-24-13-11-16/h2-14,25H,1H3. The van der Waals surface area contributed by atoms with E-state index in [1.807, 2.05) is 54.6 Å². The molecule has 0 aliphatic heterocycles. The summed E-state index contributed by atoms with van der Waals surface area (Å²) < 4.78 is 5.58. The zero-order valence-electron chi connectivity index (χ0n) is 14.2. The number of hydrogen-bond donors (Lipinski definition) is 1. The van der Waals surface area contributed by atoms with Crippen molar-refractivity contribution < 1.29 is 4.74 Å². The van der Waals surface area contributed by atoms with Crippen molar-refractivity contribution in [3.8, 4) is 39.4 Å². The molecule has 0 bridgehead atoms. The summed E-state index contributed by atoms with van der Waals surface area (Å²) in [5.74, 6) is 0.837. The molecule has 1 N–H and O–H groups in total. The van der Waals surface area contributed by atoms with Gasteiger partial charge in [0.1, 0.15) is 5.75 Å². The van der Waals surface area contributed by atoms with Gasteiger partial charge in [-0.2, -0.15) is 0 Å². The molecule has 0 aliphatic rings. The second kappa shape index (κ2) is 7.06. The van der Waals surface area contributed by atoms with E-state index >= 15 is 0 Å². The third-order valence-corrected chi connectivity index (χ3v) is 4.59. The third-order valence-electron chi connectivity index (χ3n) is 4.34. The maximum absolute atomic E-state index is 6.03. The fourth-order valence-corrected chi connectivity index (χ4v) is 3.19. The van der Waals surface area contributed by atoms with Crippen LogP contribution >= 0.6 is 11.6 Å². The molecule has 0 spiro atoms. The fourth-order valence-electron chi connectivity index (χ4n) is 3.07. The van der Waals surface area contributed by atoms with Gasteiger partial charge in [0.15, 0.2) is 0 Å². The SMILES string of the molecule is COc1ccccc1-c1cc(-c2ccc(Cl)cc2)[nH]c1-c1ccncc1. The fraction of sp³-hybridized carbons (Fsp3) is 0.0455. The molecule has 4 aromatic rings. The van der Waals surface area contributed by atoms with Crippen LogP contribution in [-0.2, 0) is 0 Å². The molecule has 4 heteroatoms. The summed E-state index contributed by atoms with van der Waals surface area (Å²) in [6.45, 7) is 0. The van der Waals surface area contributed by atoms with Crippen molar-refractivity contribution in [1.82, 2.24) is 9.97 Å². The minimum absolute atomic E-state index is 0.722. The largest absolute Gasteiger partial charge is 0.496 e. The molecule has 0 atom stereocenters. The van der Waals surface area contributed by atoms with Gasteiger partial charge in [-0.05, 0) is 42.0 Å². The molecule has 26 heavy (non-hydrogen) atoms. The van der Waals surface area contributed by atoms with Gasteiger partial charge < -0.3 is 9.72 Å². The van der Waals surface area contributed by atoms with Crippen molar-refractivity contribution >= 4 is 11.6 Å². The van der Waals surface area contributed by atoms with Crippen LogP contribution < -0.4 is 4.74 Å². The van der Waals surface area contributed by atoms with Crippen LogP contribution in [0.4, 0.5) is 0 Å². The summed E-state index contributed by atoms with van der Waals surface area (Å²) in [5, 5.41) is 0.722. The quantitative estimate of drug-likeness (QED) is 0.479. The first kappa shape index (κ1) is 16.4. The number of aromatic amines is 1. The summed E-state index contributed by atoms with van der Waals surface area (Å²) in [5.41, 5.74) is 6.32. The van der Waals surface area contributed by atoms with Crippen molar-refractivity contribution in [1.29, 1.82) is 0 Å². The maximum Gasteiger partial charge on any atom is 0.126 e. The number of rotatable bonds is 4. The van der Waals surface area contributed by atoms with Crippen molar-refractivity contribution in [2.45, 2.75) is 0 Å². The number of nitrogens with one attached hydrogen (secondary N) is 1. The molecule has 0 fully saturated rings. The van der Waals surface area contributed by atoms with Crippen LogP contribution in [0.5, 0.6) is 5.75 Å². The highest BCUT2D eigenvalue weighted by molar-refractivity contribution is 6.30. The highest BCUT2D eigenvalue weighted by Gasteiger charge is 2.16. The highest BCUT2D eigenvalue weighted by Crippen LogP contribution is 2.39. The van der Waals surface area contributed by atoms with Gasteiger partial charge in [0.05, 0.1) is 12.8 Å². The molecule has 3 nitrogen and oxygen atoms in total. The molecule has 2 aromatic carbocycles. The maximum atomic E-state index is 6.03. The Kier molecular flexibility index (Phi) is 4.46. The van der Waals surface area contributed by atoms with E-state index in [1.54, 1.807) is 19.5 Å². The van der Waals surface area contributed by atoms with Gasteiger partial charge in [0.25, 0.3) is 0 Å². The van der Waals surface area contributed by atoms with Gasteiger partial charge in [-0.1, -0.05) is 41.9 Å². The number of pyridine rings is 1. The Balaban J connectivity index is 1.93. The van der Waals surface area contributed by atoms with Crippen LogP contribution in [0, 0.1) is 0 Å². The van der Waals surface area contributed by atoms with E-state index in [9.17, 15) is 0 Å². The molecule has 0 saturated carbocycles. The molecule has 0 aliphatic carbocycles. The number of nitrogens with zero attached hydrogens (tertiary/aromatic N) is 1. The average molecular weight is 361 g/mol. The van der Waals surface area contributed by atoms with Gasteiger partial charge in [0, 0.05) is 39.8 Å². The zero-order chi connectivity index (χ0) is 17.9. The molecular formula is C22H17ClN2O. The topological polar surface area (TPSA) is 37.9 Å². The van der Waals surface area contributed by atoms with Gasteiger partial charge >= 0.3 is 0 Å². The van der Waals surface area contributed by atoms with Gasteiger partial charge in [-0.15, -0.1) is 0 Å². The number of aromatic nitrogens is 2. The predicted octanol–water partition coefficient (Wildman–Crippen LogP) is 6.07. The van der Waals surface area contributed by atoms with Crippen LogP contribution in [0.25, 0.3) is 33.6 Å². The Bertz CT molecular complexity index is 1020. The van der Waals surface area contributed by atoms with E-state index < -0.39 is 0 Å². The van der Waals surface area contributed by atoms with Gasteiger partial charge in [0.2, 0.25) is 0 Å². The Morgan fingerprint density at radius 3 is 2.31 bits per heavy atom. The molecule has 2 heterocycles. The second-order valence-electron chi connectivity index (χ2n) is 5.91. The van der Waals surface area contributed by atoms with E-state index in [2.05, 4.69) is 22.1 Å². The second-order valence-corrected chi connectivity index (χ2v) is 6.35. The number of hydrogen-bond acceptors (Lipinski definition) is 2. The lowest BCUT2D eigenvalue weighted by Crippen LogP contribution is -1.88. The Labute approximate surface area is 157 Å².